The molecule has 1 aliphatic rings. The third kappa shape index (κ3) is 1.18. The molecule has 1 saturated heterocycles. The van der Waals surface area contributed by atoms with Gasteiger partial charge in [-0.2, -0.15) is 0 Å². The summed E-state index contributed by atoms with van der Waals surface area (Å²) in [7, 11) is 3.10. The fourth-order valence-electron chi connectivity index (χ4n) is 1.68. The molecular formula is C9H13N3O3. The largest absolute Gasteiger partial charge is 0.467 e. The van der Waals surface area contributed by atoms with Crippen LogP contribution in [-0.4, -0.2) is 33.7 Å². The van der Waals surface area contributed by atoms with E-state index in [4.69, 9.17) is 4.74 Å². The standard InChI is InChI=1S/C9H13N3O3/c1-8(6-5-12(3)11-10-6)9(2,15-8)7(13)14-4/h5H,1-4H3. The zero-order chi connectivity index (χ0) is 11.3. The molecule has 2 heterocycles. The average Bonchev–Trinajstić information content (AvgIpc) is 2.60. The molecular weight excluding hydrogens is 198 g/mol. The maximum atomic E-state index is 11.5. The molecule has 0 aliphatic carbocycles. The lowest BCUT2D eigenvalue weighted by Gasteiger charge is -2.07. The van der Waals surface area contributed by atoms with Crippen LogP contribution in [0, 0.1) is 0 Å². The summed E-state index contributed by atoms with van der Waals surface area (Å²) in [5.41, 5.74) is -1.04. The van der Waals surface area contributed by atoms with E-state index in [-0.39, 0.29) is 0 Å². The summed E-state index contributed by atoms with van der Waals surface area (Å²) in [5, 5.41) is 7.75. The van der Waals surface area contributed by atoms with E-state index in [1.165, 1.54) is 7.11 Å². The number of methoxy groups -OCH3 is 1. The molecule has 0 spiro atoms. The van der Waals surface area contributed by atoms with Crippen LogP contribution < -0.4 is 0 Å². The highest BCUT2D eigenvalue weighted by Crippen LogP contribution is 2.55. The predicted molar refractivity (Wildman–Crippen MR) is 49.9 cm³/mol. The fourth-order valence-corrected chi connectivity index (χ4v) is 1.68. The van der Waals surface area contributed by atoms with Crippen LogP contribution in [0.15, 0.2) is 6.20 Å². The van der Waals surface area contributed by atoms with Crippen LogP contribution in [0.4, 0.5) is 0 Å². The second-order valence-corrected chi connectivity index (χ2v) is 3.94. The molecule has 0 N–H and O–H groups in total. The molecule has 82 valence electrons. The maximum Gasteiger partial charge on any atom is 0.341 e. The van der Waals surface area contributed by atoms with Crippen molar-refractivity contribution in [3.8, 4) is 0 Å². The number of rotatable bonds is 2. The molecule has 2 atom stereocenters. The molecule has 1 aromatic rings. The monoisotopic (exact) mass is 211 g/mol. The number of hydrogen-bond donors (Lipinski definition) is 0. The molecule has 2 rings (SSSR count). The van der Waals surface area contributed by atoms with Crippen molar-refractivity contribution in [2.45, 2.75) is 25.0 Å². The Labute approximate surface area is 87.2 Å². The topological polar surface area (TPSA) is 69.5 Å². The summed E-state index contributed by atoms with van der Waals surface area (Å²) in [6.07, 6.45) is 1.73. The number of aromatic nitrogens is 3. The van der Waals surface area contributed by atoms with Gasteiger partial charge in [-0.05, 0) is 13.8 Å². The Kier molecular flexibility index (Phi) is 1.88. The van der Waals surface area contributed by atoms with Gasteiger partial charge in [0.1, 0.15) is 5.69 Å². The number of ether oxygens (including phenoxy) is 2. The Hall–Kier alpha value is -1.43. The summed E-state index contributed by atoms with van der Waals surface area (Å²) in [5.74, 6) is -0.393. The minimum Gasteiger partial charge on any atom is -0.467 e. The minimum absolute atomic E-state index is 0.393. The molecule has 6 nitrogen and oxygen atoms in total. The van der Waals surface area contributed by atoms with E-state index >= 15 is 0 Å². The number of aryl methyl sites for hydroxylation is 1. The van der Waals surface area contributed by atoms with Crippen LogP contribution in [0.5, 0.6) is 0 Å². The van der Waals surface area contributed by atoms with Gasteiger partial charge in [0.05, 0.1) is 13.3 Å². The Morgan fingerprint density at radius 1 is 1.60 bits per heavy atom. The van der Waals surface area contributed by atoms with Crippen molar-refractivity contribution in [3.63, 3.8) is 0 Å². The molecule has 0 amide bonds. The van der Waals surface area contributed by atoms with Crippen LogP contribution in [0.2, 0.25) is 0 Å². The molecule has 1 aliphatic heterocycles. The Morgan fingerprint density at radius 2 is 2.27 bits per heavy atom. The Morgan fingerprint density at radius 3 is 2.73 bits per heavy atom. The number of carbonyl (C=O) groups is 1. The lowest BCUT2D eigenvalue weighted by molar-refractivity contribution is -0.146. The lowest BCUT2D eigenvalue weighted by Crippen LogP contribution is -2.29. The normalized spacial score (nSPS) is 33.9. The molecule has 0 bridgehead atoms. The molecule has 1 fully saturated rings. The first-order chi connectivity index (χ1) is 6.94. The van der Waals surface area contributed by atoms with Gasteiger partial charge >= 0.3 is 5.97 Å². The van der Waals surface area contributed by atoms with Crippen LogP contribution in [0.3, 0.4) is 0 Å². The summed E-state index contributed by atoms with van der Waals surface area (Å²) < 4.78 is 11.7. The Balaban J connectivity index is 2.30. The molecule has 0 aromatic carbocycles. The van der Waals surface area contributed by atoms with Crippen molar-refractivity contribution < 1.29 is 14.3 Å². The first-order valence-corrected chi connectivity index (χ1v) is 4.59. The van der Waals surface area contributed by atoms with Gasteiger partial charge in [0, 0.05) is 7.05 Å². The first-order valence-electron chi connectivity index (χ1n) is 4.59. The third-order valence-corrected chi connectivity index (χ3v) is 2.94. The molecule has 2 unspecified atom stereocenters. The number of epoxide rings is 1. The average molecular weight is 211 g/mol. The van der Waals surface area contributed by atoms with Crippen molar-refractivity contribution >= 4 is 5.97 Å². The third-order valence-electron chi connectivity index (χ3n) is 2.94. The van der Waals surface area contributed by atoms with Gasteiger partial charge in [-0.3, -0.25) is 4.68 Å². The summed E-state index contributed by atoms with van der Waals surface area (Å²) in [4.78, 5) is 11.5. The van der Waals surface area contributed by atoms with E-state index in [9.17, 15) is 4.79 Å². The van der Waals surface area contributed by atoms with Gasteiger partial charge in [-0.1, -0.05) is 5.21 Å². The van der Waals surface area contributed by atoms with Gasteiger partial charge < -0.3 is 9.47 Å². The van der Waals surface area contributed by atoms with Gasteiger partial charge in [0.15, 0.2) is 11.2 Å². The molecule has 0 saturated carbocycles. The van der Waals surface area contributed by atoms with Crippen molar-refractivity contribution in [2.75, 3.05) is 7.11 Å². The van der Waals surface area contributed by atoms with Gasteiger partial charge in [0.25, 0.3) is 0 Å². The van der Waals surface area contributed by atoms with Crippen molar-refractivity contribution in [3.05, 3.63) is 11.9 Å². The molecule has 6 heteroatoms. The van der Waals surface area contributed by atoms with E-state index in [0.717, 1.165) is 0 Å². The quantitative estimate of drug-likeness (QED) is 0.508. The fraction of sp³-hybridized carbons (Fsp3) is 0.667. The zero-order valence-electron chi connectivity index (χ0n) is 9.14. The van der Waals surface area contributed by atoms with Crippen LogP contribution in [0.1, 0.15) is 19.5 Å². The molecule has 0 radical (unpaired) electrons. The smallest absolute Gasteiger partial charge is 0.341 e. The van der Waals surface area contributed by atoms with Gasteiger partial charge in [0.2, 0.25) is 0 Å². The van der Waals surface area contributed by atoms with Crippen LogP contribution in [-0.2, 0) is 26.9 Å². The second-order valence-electron chi connectivity index (χ2n) is 3.94. The number of nitrogens with zero attached hydrogens (tertiary/aromatic N) is 3. The predicted octanol–water partition coefficient (Wildman–Crippen LogP) is -0.00780. The van der Waals surface area contributed by atoms with Crippen molar-refractivity contribution in [2.24, 2.45) is 7.05 Å². The van der Waals surface area contributed by atoms with E-state index in [1.807, 2.05) is 0 Å². The Bertz CT molecular complexity index is 416. The number of carbonyl (C=O) groups excluding carboxylic acids is 1. The second kappa shape index (κ2) is 2.79. The number of hydrogen-bond acceptors (Lipinski definition) is 5. The van der Waals surface area contributed by atoms with Gasteiger partial charge in [-0.15, -0.1) is 5.10 Å². The summed E-state index contributed by atoms with van der Waals surface area (Å²) >= 11 is 0. The highest BCUT2D eigenvalue weighted by Gasteiger charge is 2.72. The molecule has 15 heavy (non-hydrogen) atoms. The lowest BCUT2D eigenvalue weighted by atomic mass is 9.93. The SMILES string of the molecule is COC(=O)C1(C)OC1(C)c1cn(C)nn1. The van der Waals surface area contributed by atoms with E-state index in [1.54, 1.807) is 31.8 Å². The van der Waals surface area contributed by atoms with Crippen molar-refractivity contribution in [1.29, 1.82) is 0 Å². The highest BCUT2D eigenvalue weighted by atomic mass is 16.7. The van der Waals surface area contributed by atoms with Crippen LogP contribution >= 0.6 is 0 Å². The summed E-state index contributed by atoms with van der Waals surface area (Å²) in [6.45, 7) is 3.49. The van der Waals surface area contributed by atoms with E-state index in [2.05, 4.69) is 15.0 Å². The highest BCUT2D eigenvalue weighted by molar-refractivity contribution is 5.84. The maximum absolute atomic E-state index is 11.5. The van der Waals surface area contributed by atoms with Gasteiger partial charge in [-0.25, -0.2) is 4.79 Å². The zero-order valence-corrected chi connectivity index (χ0v) is 9.14. The number of esters is 1. The summed E-state index contributed by atoms with van der Waals surface area (Å²) in [6, 6.07) is 0. The van der Waals surface area contributed by atoms with Crippen LogP contribution in [0.25, 0.3) is 0 Å². The van der Waals surface area contributed by atoms with Crippen molar-refractivity contribution in [1.82, 2.24) is 15.0 Å². The van der Waals surface area contributed by atoms with E-state index in [0.29, 0.717) is 5.69 Å². The first kappa shape index (κ1) is 10.1. The minimum atomic E-state index is -0.947. The van der Waals surface area contributed by atoms with E-state index < -0.39 is 17.2 Å². The molecule has 1 aromatic heterocycles.